The van der Waals surface area contributed by atoms with Gasteiger partial charge in [-0.05, 0) is 36.4 Å². The minimum atomic E-state index is 0.397. The maximum Gasteiger partial charge on any atom is 0.117 e. The summed E-state index contributed by atoms with van der Waals surface area (Å²) in [6, 6.07) is 12.2. The van der Waals surface area contributed by atoms with Crippen molar-refractivity contribution in [3.05, 3.63) is 59.5 Å². The highest BCUT2D eigenvalue weighted by Gasteiger charge is 2.06. The van der Waals surface area contributed by atoms with E-state index in [4.69, 9.17) is 10.2 Å². The van der Waals surface area contributed by atoms with Crippen LogP contribution in [-0.4, -0.2) is 18.0 Å². The van der Waals surface area contributed by atoms with E-state index in [0.29, 0.717) is 6.54 Å². The normalized spacial score (nSPS) is 10.3. The molecule has 0 saturated carbocycles. The van der Waals surface area contributed by atoms with Gasteiger partial charge in [0.05, 0.1) is 19.4 Å². The van der Waals surface area contributed by atoms with Crippen LogP contribution in [-0.2, 0) is 13.1 Å². The predicted molar refractivity (Wildman–Crippen MR) is 80.9 cm³/mol. The summed E-state index contributed by atoms with van der Waals surface area (Å²) in [7, 11) is 0. The summed E-state index contributed by atoms with van der Waals surface area (Å²) in [4.78, 5) is 2.33. The van der Waals surface area contributed by atoms with E-state index in [1.807, 2.05) is 24.3 Å². The van der Waals surface area contributed by atoms with Crippen molar-refractivity contribution in [1.29, 1.82) is 0 Å². The lowest BCUT2D eigenvalue weighted by Gasteiger charge is -2.19. The Labute approximate surface area is 120 Å². The smallest absolute Gasteiger partial charge is 0.117 e. The van der Waals surface area contributed by atoms with Crippen LogP contribution < -0.4 is 5.73 Å². The SMILES string of the molecule is CCN(Cc1ccc(C#CCN)cc1)Cc1ccco1. The van der Waals surface area contributed by atoms with Crippen LogP contribution in [0.1, 0.15) is 23.8 Å². The summed E-state index contributed by atoms with van der Waals surface area (Å²) in [5, 5.41) is 0. The first-order valence-corrected chi connectivity index (χ1v) is 6.84. The third-order valence-electron chi connectivity index (χ3n) is 3.10. The maximum absolute atomic E-state index is 5.40. The molecule has 1 heterocycles. The van der Waals surface area contributed by atoms with Gasteiger partial charge in [0, 0.05) is 12.1 Å². The van der Waals surface area contributed by atoms with Crippen molar-refractivity contribution in [1.82, 2.24) is 4.90 Å². The van der Waals surface area contributed by atoms with E-state index >= 15 is 0 Å². The zero-order valence-corrected chi connectivity index (χ0v) is 11.8. The molecule has 3 heteroatoms. The van der Waals surface area contributed by atoms with Crippen molar-refractivity contribution in [3.8, 4) is 11.8 Å². The lowest BCUT2D eigenvalue weighted by Crippen LogP contribution is -2.21. The minimum absolute atomic E-state index is 0.397. The lowest BCUT2D eigenvalue weighted by molar-refractivity contribution is 0.248. The summed E-state index contributed by atoms with van der Waals surface area (Å²) >= 11 is 0. The van der Waals surface area contributed by atoms with Crippen LogP contribution in [0.2, 0.25) is 0 Å². The summed E-state index contributed by atoms with van der Waals surface area (Å²) in [6.45, 7) is 5.27. The van der Waals surface area contributed by atoms with Crippen LogP contribution >= 0.6 is 0 Å². The number of rotatable bonds is 5. The van der Waals surface area contributed by atoms with E-state index in [9.17, 15) is 0 Å². The number of hydrogen-bond acceptors (Lipinski definition) is 3. The van der Waals surface area contributed by atoms with E-state index in [1.165, 1.54) is 5.56 Å². The first-order chi connectivity index (χ1) is 9.81. The molecule has 0 atom stereocenters. The molecule has 0 aliphatic rings. The summed E-state index contributed by atoms with van der Waals surface area (Å²) in [5.41, 5.74) is 7.65. The van der Waals surface area contributed by atoms with Crippen molar-refractivity contribution in [3.63, 3.8) is 0 Å². The monoisotopic (exact) mass is 268 g/mol. The molecule has 3 nitrogen and oxygen atoms in total. The summed E-state index contributed by atoms with van der Waals surface area (Å²) < 4.78 is 5.40. The number of hydrogen-bond donors (Lipinski definition) is 1. The van der Waals surface area contributed by atoms with E-state index in [2.05, 4.69) is 35.8 Å². The van der Waals surface area contributed by atoms with Gasteiger partial charge in [0.25, 0.3) is 0 Å². The van der Waals surface area contributed by atoms with Crippen molar-refractivity contribution in [2.24, 2.45) is 5.73 Å². The second-order valence-corrected chi connectivity index (χ2v) is 4.59. The standard InChI is InChI=1S/C17H20N2O/c1-2-19(14-17-6-4-12-20-17)13-16-9-7-15(8-10-16)5-3-11-18/h4,6-10,12H,2,11,13-14,18H2,1H3. The van der Waals surface area contributed by atoms with Crippen LogP contribution in [0.3, 0.4) is 0 Å². The zero-order valence-electron chi connectivity index (χ0n) is 11.8. The number of benzene rings is 1. The van der Waals surface area contributed by atoms with E-state index in [1.54, 1.807) is 6.26 Å². The van der Waals surface area contributed by atoms with Gasteiger partial charge in [-0.1, -0.05) is 30.9 Å². The van der Waals surface area contributed by atoms with Gasteiger partial charge in [-0.25, -0.2) is 0 Å². The Balaban J connectivity index is 1.97. The predicted octanol–water partition coefficient (Wildman–Crippen LogP) is 2.61. The molecule has 0 spiro atoms. The molecule has 0 saturated heterocycles. The van der Waals surface area contributed by atoms with Gasteiger partial charge in [-0.15, -0.1) is 0 Å². The highest BCUT2D eigenvalue weighted by molar-refractivity contribution is 5.36. The first-order valence-electron chi connectivity index (χ1n) is 6.84. The first kappa shape index (κ1) is 14.4. The summed E-state index contributed by atoms with van der Waals surface area (Å²) in [5.74, 6) is 6.89. The van der Waals surface area contributed by atoms with Gasteiger partial charge >= 0.3 is 0 Å². The molecular weight excluding hydrogens is 248 g/mol. The van der Waals surface area contributed by atoms with Gasteiger partial charge in [0.1, 0.15) is 5.76 Å². The second kappa shape index (κ2) is 7.54. The van der Waals surface area contributed by atoms with Crippen LogP contribution in [0.25, 0.3) is 0 Å². The fraction of sp³-hybridized carbons (Fsp3) is 0.294. The average Bonchev–Trinajstić information content (AvgIpc) is 2.99. The molecule has 20 heavy (non-hydrogen) atoms. The highest BCUT2D eigenvalue weighted by atomic mass is 16.3. The molecule has 0 fully saturated rings. The number of nitrogens with two attached hydrogens (primary N) is 1. The Hall–Kier alpha value is -2.02. The molecule has 0 aliphatic carbocycles. The van der Waals surface area contributed by atoms with Crippen LogP contribution in [0.15, 0.2) is 47.1 Å². The fourth-order valence-corrected chi connectivity index (χ4v) is 2.01. The highest BCUT2D eigenvalue weighted by Crippen LogP contribution is 2.11. The molecule has 0 aliphatic heterocycles. The van der Waals surface area contributed by atoms with Gasteiger partial charge in [-0.2, -0.15) is 0 Å². The van der Waals surface area contributed by atoms with Crippen LogP contribution in [0.4, 0.5) is 0 Å². The molecule has 0 unspecified atom stereocenters. The third-order valence-corrected chi connectivity index (χ3v) is 3.10. The topological polar surface area (TPSA) is 42.4 Å². The molecular formula is C17H20N2O. The molecule has 2 aromatic rings. The van der Waals surface area contributed by atoms with Crippen molar-refractivity contribution in [2.75, 3.05) is 13.1 Å². The Morgan fingerprint density at radius 2 is 1.95 bits per heavy atom. The molecule has 1 aromatic carbocycles. The molecule has 0 amide bonds. The molecule has 104 valence electrons. The van der Waals surface area contributed by atoms with Crippen molar-refractivity contribution in [2.45, 2.75) is 20.0 Å². The number of furan rings is 1. The second-order valence-electron chi connectivity index (χ2n) is 4.59. The average molecular weight is 268 g/mol. The Bertz CT molecular complexity index is 561. The van der Waals surface area contributed by atoms with Gasteiger partial charge in [0.15, 0.2) is 0 Å². The van der Waals surface area contributed by atoms with E-state index in [0.717, 1.165) is 31.0 Å². The fourth-order valence-electron chi connectivity index (χ4n) is 2.01. The molecule has 0 radical (unpaired) electrons. The zero-order chi connectivity index (χ0) is 14.2. The van der Waals surface area contributed by atoms with Crippen molar-refractivity contribution >= 4 is 0 Å². The number of nitrogens with zero attached hydrogens (tertiary/aromatic N) is 1. The molecule has 2 N–H and O–H groups in total. The third kappa shape index (κ3) is 4.27. The molecule has 0 bridgehead atoms. The maximum atomic E-state index is 5.40. The van der Waals surface area contributed by atoms with E-state index < -0.39 is 0 Å². The van der Waals surface area contributed by atoms with Gasteiger partial charge < -0.3 is 10.2 Å². The van der Waals surface area contributed by atoms with Gasteiger partial charge in [0.2, 0.25) is 0 Å². The van der Waals surface area contributed by atoms with Crippen molar-refractivity contribution < 1.29 is 4.42 Å². The van der Waals surface area contributed by atoms with E-state index in [-0.39, 0.29) is 0 Å². The Kier molecular flexibility index (Phi) is 5.43. The Morgan fingerprint density at radius 3 is 2.55 bits per heavy atom. The summed E-state index contributed by atoms with van der Waals surface area (Å²) in [6.07, 6.45) is 1.72. The van der Waals surface area contributed by atoms with Gasteiger partial charge in [-0.3, -0.25) is 4.90 Å². The van der Waals surface area contributed by atoms with Crippen LogP contribution in [0, 0.1) is 11.8 Å². The minimum Gasteiger partial charge on any atom is -0.468 e. The largest absolute Gasteiger partial charge is 0.468 e. The van der Waals surface area contributed by atoms with Crippen LogP contribution in [0.5, 0.6) is 0 Å². The molecule has 2 rings (SSSR count). The Morgan fingerprint density at radius 1 is 1.15 bits per heavy atom. The molecule has 1 aromatic heterocycles. The lowest BCUT2D eigenvalue weighted by atomic mass is 10.1. The quantitative estimate of drug-likeness (QED) is 0.848.